The Balaban J connectivity index is 2.19. The SMILES string of the molecule is COc1ccc(Nc2scnc2C(=O)O)cn1. The van der Waals surface area contributed by atoms with Gasteiger partial charge in [-0.05, 0) is 6.07 Å². The quantitative estimate of drug-likeness (QED) is 0.864. The van der Waals surface area contributed by atoms with Crippen molar-refractivity contribution in [3.63, 3.8) is 0 Å². The summed E-state index contributed by atoms with van der Waals surface area (Å²) >= 11 is 1.22. The van der Waals surface area contributed by atoms with E-state index in [9.17, 15) is 4.79 Å². The predicted molar refractivity (Wildman–Crippen MR) is 63.1 cm³/mol. The summed E-state index contributed by atoms with van der Waals surface area (Å²) in [4.78, 5) is 18.6. The molecule has 0 saturated carbocycles. The van der Waals surface area contributed by atoms with Gasteiger partial charge in [0.05, 0.1) is 24.5 Å². The van der Waals surface area contributed by atoms with Gasteiger partial charge in [-0.3, -0.25) is 0 Å². The van der Waals surface area contributed by atoms with Gasteiger partial charge in [-0.1, -0.05) is 0 Å². The second-order valence-corrected chi connectivity index (χ2v) is 3.90. The van der Waals surface area contributed by atoms with Crippen molar-refractivity contribution in [3.05, 3.63) is 29.5 Å². The van der Waals surface area contributed by atoms with Gasteiger partial charge in [-0.25, -0.2) is 14.8 Å². The molecule has 2 N–H and O–H groups in total. The van der Waals surface area contributed by atoms with Gasteiger partial charge in [0.2, 0.25) is 5.88 Å². The van der Waals surface area contributed by atoms with Crippen molar-refractivity contribution in [2.75, 3.05) is 12.4 Å². The molecular formula is C10H9N3O3S. The van der Waals surface area contributed by atoms with Crippen molar-refractivity contribution in [1.29, 1.82) is 0 Å². The average molecular weight is 251 g/mol. The normalized spacial score (nSPS) is 9.94. The molecule has 88 valence electrons. The zero-order valence-electron chi connectivity index (χ0n) is 8.88. The molecule has 17 heavy (non-hydrogen) atoms. The van der Waals surface area contributed by atoms with E-state index in [2.05, 4.69) is 15.3 Å². The molecule has 2 rings (SSSR count). The van der Waals surface area contributed by atoms with Gasteiger partial charge in [-0.2, -0.15) is 0 Å². The largest absolute Gasteiger partial charge is 0.481 e. The molecule has 2 aromatic heterocycles. The lowest BCUT2D eigenvalue weighted by Crippen LogP contribution is -2.01. The van der Waals surface area contributed by atoms with Gasteiger partial charge in [0.15, 0.2) is 5.69 Å². The average Bonchev–Trinajstić information content (AvgIpc) is 2.78. The van der Waals surface area contributed by atoms with E-state index in [0.717, 1.165) is 0 Å². The number of hydrogen-bond acceptors (Lipinski definition) is 6. The number of pyridine rings is 1. The summed E-state index contributed by atoms with van der Waals surface area (Å²) in [6.45, 7) is 0. The van der Waals surface area contributed by atoms with Crippen molar-refractivity contribution >= 4 is 28.0 Å². The third kappa shape index (κ3) is 2.51. The number of thiazole rings is 1. The second kappa shape index (κ2) is 4.79. The van der Waals surface area contributed by atoms with Crippen LogP contribution in [-0.2, 0) is 0 Å². The third-order valence-corrected chi connectivity index (χ3v) is 2.72. The van der Waals surface area contributed by atoms with Crippen LogP contribution in [-0.4, -0.2) is 28.2 Å². The van der Waals surface area contributed by atoms with Crippen LogP contribution in [0.25, 0.3) is 0 Å². The molecule has 7 heteroatoms. The highest BCUT2D eigenvalue weighted by Gasteiger charge is 2.13. The Labute approximate surface area is 101 Å². The molecule has 0 unspecified atom stereocenters. The van der Waals surface area contributed by atoms with Crippen LogP contribution >= 0.6 is 11.3 Å². The van der Waals surface area contributed by atoms with Crippen LogP contribution in [0.15, 0.2) is 23.8 Å². The number of carbonyl (C=O) groups is 1. The molecule has 0 aliphatic rings. The van der Waals surface area contributed by atoms with Crippen LogP contribution in [0.1, 0.15) is 10.5 Å². The van der Waals surface area contributed by atoms with Gasteiger partial charge >= 0.3 is 5.97 Å². The number of hydrogen-bond donors (Lipinski definition) is 2. The van der Waals surface area contributed by atoms with Gasteiger partial charge in [-0.15, -0.1) is 11.3 Å². The fraction of sp³-hybridized carbons (Fsp3) is 0.100. The molecule has 6 nitrogen and oxygen atoms in total. The minimum Gasteiger partial charge on any atom is -0.481 e. The maximum Gasteiger partial charge on any atom is 0.357 e. The van der Waals surface area contributed by atoms with Crippen LogP contribution in [0.2, 0.25) is 0 Å². The first-order chi connectivity index (χ1) is 8.20. The van der Waals surface area contributed by atoms with Crippen LogP contribution in [0.4, 0.5) is 10.7 Å². The van der Waals surface area contributed by atoms with Crippen LogP contribution in [0.3, 0.4) is 0 Å². The lowest BCUT2D eigenvalue weighted by molar-refractivity contribution is 0.0692. The number of anilines is 2. The summed E-state index contributed by atoms with van der Waals surface area (Å²) in [6, 6.07) is 3.43. The molecule has 0 radical (unpaired) electrons. The van der Waals surface area contributed by atoms with Crippen molar-refractivity contribution < 1.29 is 14.6 Å². The Hall–Kier alpha value is -2.15. The first-order valence-electron chi connectivity index (χ1n) is 4.64. The highest BCUT2D eigenvalue weighted by molar-refractivity contribution is 7.14. The van der Waals surface area contributed by atoms with E-state index in [1.165, 1.54) is 24.0 Å². The van der Waals surface area contributed by atoms with E-state index in [0.29, 0.717) is 16.6 Å². The summed E-state index contributed by atoms with van der Waals surface area (Å²) in [6.07, 6.45) is 1.56. The number of methoxy groups -OCH3 is 1. The molecule has 0 bridgehead atoms. The first kappa shape index (κ1) is 11.3. The number of nitrogens with one attached hydrogen (secondary N) is 1. The number of carboxylic acids is 1. The number of aromatic nitrogens is 2. The fourth-order valence-corrected chi connectivity index (χ4v) is 1.89. The fourth-order valence-electron chi connectivity index (χ4n) is 1.19. The summed E-state index contributed by atoms with van der Waals surface area (Å²) in [5.41, 5.74) is 2.16. The van der Waals surface area contributed by atoms with E-state index >= 15 is 0 Å². The highest BCUT2D eigenvalue weighted by atomic mass is 32.1. The Morgan fingerprint density at radius 3 is 2.88 bits per heavy atom. The van der Waals surface area contributed by atoms with Crippen molar-refractivity contribution in [2.45, 2.75) is 0 Å². The minimum absolute atomic E-state index is 0.00539. The van der Waals surface area contributed by atoms with E-state index < -0.39 is 5.97 Å². The zero-order valence-corrected chi connectivity index (χ0v) is 9.69. The number of aromatic carboxylic acids is 1. The van der Waals surface area contributed by atoms with Crippen LogP contribution in [0, 0.1) is 0 Å². The molecular weight excluding hydrogens is 242 g/mol. The second-order valence-electron chi connectivity index (χ2n) is 3.05. The van der Waals surface area contributed by atoms with Crippen LogP contribution < -0.4 is 10.1 Å². The van der Waals surface area contributed by atoms with Gasteiger partial charge in [0.25, 0.3) is 0 Å². The molecule has 0 fully saturated rings. The maximum atomic E-state index is 10.8. The number of nitrogens with zero attached hydrogens (tertiary/aromatic N) is 2. The Morgan fingerprint density at radius 2 is 2.29 bits per heavy atom. The molecule has 2 aromatic rings. The third-order valence-electron chi connectivity index (χ3n) is 1.97. The Bertz CT molecular complexity index is 524. The maximum absolute atomic E-state index is 10.8. The zero-order chi connectivity index (χ0) is 12.3. The number of rotatable bonds is 4. The molecule has 0 saturated heterocycles. The Kier molecular flexibility index (Phi) is 3.20. The predicted octanol–water partition coefficient (Wildman–Crippen LogP) is 1.99. The standard InChI is InChI=1S/C10H9N3O3S/c1-16-7-3-2-6(4-11-7)13-9-8(10(14)15)12-5-17-9/h2-5,13H,1H3,(H,14,15). The molecule has 0 amide bonds. The van der Waals surface area contributed by atoms with E-state index in [1.807, 2.05) is 0 Å². The number of ether oxygens (including phenoxy) is 1. The van der Waals surface area contributed by atoms with Gasteiger partial charge < -0.3 is 15.2 Å². The van der Waals surface area contributed by atoms with E-state index in [4.69, 9.17) is 9.84 Å². The molecule has 2 heterocycles. The summed E-state index contributed by atoms with van der Waals surface area (Å²) in [5.74, 6) is -0.562. The summed E-state index contributed by atoms with van der Waals surface area (Å²) < 4.78 is 4.92. The lowest BCUT2D eigenvalue weighted by Gasteiger charge is -2.04. The Morgan fingerprint density at radius 1 is 1.47 bits per heavy atom. The smallest absolute Gasteiger partial charge is 0.357 e. The van der Waals surface area contributed by atoms with Gasteiger partial charge in [0, 0.05) is 6.07 Å². The molecule has 0 atom stereocenters. The summed E-state index contributed by atoms with van der Waals surface area (Å²) in [5, 5.41) is 12.3. The highest BCUT2D eigenvalue weighted by Crippen LogP contribution is 2.25. The monoisotopic (exact) mass is 251 g/mol. The van der Waals surface area contributed by atoms with Gasteiger partial charge in [0.1, 0.15) is 5.00 Å². The number of carboxylic acid groups (broad SMARTS) is 1. The topological polar surface area (TPSA) is 84.3 Å². The van der Waals surface area contributed by atoms with Crippen molar-refractivity contribution in [3.8, 4) is 5.88 Å². The van der Waals surface area contributed by atoms with Crippen molar-refractivity contribution in [1.82, 2.24) is 9.97 Å². The van der Waals surface area contributed by atoms with Crippen LogP contribution in [0.5, 0.6) is 5.88 Å². The summed E-state index contributed by atoms with van der Waals surface area (Å²) in [7, 11) is 1.53. The molecule has 0 aromatic carbocycles. The van der Waals surface area contributed by atoms with Crippen molar-refractivity contribution in [2.24, 2.45) is 0 Å². The minimum atomic E-state index is -1.06. The van der Waals surface area contributed by atoms with E-state index in [1.54, 1.807) is 18.3 Å². The first-order valence-corrected chi connectivity index (χ1v) is 5.52. The van der Waals surface area contributed by atoms with E-state index in [-0.39, 0.29) is 5.69 Å². The molecule has 0 spiro atoms. The molecule has 0 aliphatic carbocycles. The lowest BCUT2D eigenvalue weighted by atomic mass is 10.4. The molecule has 0 aliphatic heterocycles.